The minimum absolute atomic E-state index is 0.720. The Morgan fingerprint density at radius 3 is 2.30 bits per heavy atom. The fourth-order valence-electron chi connectivity index (χ4n) is 0.149. The van der Waals surface area contributed by atoms with Gasteiger partial charge in [0, 0.05) is 6.92 Å². The molecule has 0 aliphatic rings. The van der Waals surface area contributed by atoms with Gasteiger partial charge in [0.1, 0.15) is 0 Å². The second-order valence-corrected chi connectivity index (χ2v) is 1.98. The highest BCUT2D eigenvalue weighted by Crippen LogP contribution is 1.90. The standard InChI is InChI=1S/C4H7NO4S/c1-2(6)8-9-4(7)3(5)10/h3,10H,5H2,1H3. The fourth-order valence-corrected chi connectivity index (χ4v) is 0.192. The summed E-state index contributed by atoms with van der Waals surface area (Å²) < 4.78 is 0. The van der Waals surface area contributed by atoms with Gasteiger partial charge in [0.05, 0.1) is 0 Å². The maximum absolute atomic E-state index is 10.3. The molecule has 5 nitrogen and oxygen atoms in total. The van der Waals surface area contributed by atoms with Crippen LogP contribution in [0.25, 0.3) is 0 Å². The van der Waals surface area contributed by atoms with Crippen molar-refractivity contribution < 1.29 is 19.4 Å². The molecule has 0 saturated carbocycles. The first kappa shape index (κ1) is 9.25. The topological polar surface area (TPSA) is 78.6 Å². The van der Waals surface area contributed by atoms with Crippen LogP contribution < -0.4 is 5.73 Å². The van der Waals surface area contributed by atoms with Gasteiger partial charge in [-0.1, -0.05) is 0 Å². The molecule has 0 bridgehead atoms. The van der Waals surface area contributed by atoms with Crippen molar-refractivity contribution in [1.29, 1.82) is 0 Å². The highest BCUT2D eigenvalue weighted by atomic mass is 32.1. The van der Waals surface area contributed by atoms with Crippen LogP contribution in [0.2, 0.25) is 0 Å². The quantitative estimate of drug-likeness (QED) is 0.231. The number of thiol groups is 1. The zero-order valence-corrected chi connectivity index (χ0v) is 6.13. The lowest BCUT2D eigenvalue weighted by molar-refractivity contribution is -0.256. The van der Waals surface area contributed by atoms with E-state index in [1.807, 2.05) is 0 Å². The molecule has 1 unspecified atom stereocenters. The molecule has 0 aromatic rings. The number of carbonyl (C=O) groups excluding carboxylic acids is 2. The average molecular weight is 165 g/mol. The van der Waals surface area contributed by atoms with Gasteiger partial charge in [0.2, 0.25) is 0 Å². The molecule has 0 amide bonds. The lowest BCUT2D eigenvalue weighted by atomic mass is 10.7. The van der Waals surface area contributed by atoms with E-state index in [2.05, 4.69) is 22.4 Å². The van der Waals surface area contributed by atoms with Crippen LogP contribution in [0.4, 0.5) is 0 Å². The van der Waals surface area contributed by atoms with E-state index in [1.54, 1.807) is 0 Å². The Morgan fingerprint density at radius 1 is 1.50 bits per heavy atom. The monoisotopic (exact) mass is 165 g/mol. The summed E-state index contributed by atoms with van der Waals surface area (Å²) in [7, 11) is 0. The molecule has 0 aliphatic carbocycles. The number of hydrogen-bond donors (Lipinski definition) is 2. The van der Waals surface area contributed by atoms with Gasteiger partial charge in [-0.05, 0) is 0 Å². The smallest absolute Gasteiger partial charge is 0.310 e. The van der Waals surface area contributed by atoms with Gasteiger partial charge in [0.15, 0.2) is 5.37 Å². The zero-order chi connectivity index (χ0) is 8.15. The van der Waals surface area contributed by atoms with Crippen LogP contribution in [0.5, 0.6) is 0 Å². The molecule has 0 spiro atoms. The predicted molar refractivity (Wildman–Crippen MR) is 34.8 cm³/mol. The SMILES string of the molecule is CC(=O)OOC(=O)C(N)S. The first-order valence-corrected chi connectivity index (χ1v) is 2.88. The van der Waals surface area contributed by atoms with Crippen LogP contribution in [0.1, 0.15) is 6.92 Å². The van der Waals surface area contributed by atoms with E-state index in [9.17, 15) is 9.59 Å². The lowest BCUT2D eigenvalue weighted by Gasteiger charge is -2.01. The molecule has 2 N–H and O–H groups in total. The van der Waals surface area contributed by atoms with Crippen molar-refractivity contribution in [3.8, 4) is 0 Å². The summed E-state index contributed by atoms with van der Waals surface area (Å²) in [6.07, 6.45) is 0. The molecular formula is C4H7NO4S. The summed E-state index contributed by atoms with van der Waals surface area (Å²) >= 11 is 3.51. The molecule has 1 atom stereocenters. The lowest BCUT2D eigenvalue weighted by Crippen LogP contribution is -2.27. The summed E-state index contributed by atoms with van der Waals surface area (Å²) in [6.45, 7) is 1.09. The average Bonchev–Trinajstić information content (AvgIpc) is 1.82. The highest BCUT2D eigenvalue weighted by molar-refractivity contribution is 7.81. The van der Waals surface area contributed by atoms with Crippen LogP contribution in [-0.4, -0.2) is 17.3 Å². The molecule has 0 saturated heterocycles. The highest BCUT2D eigenvalue weighted by Gasteiger charge is 2.11. The molecule has 10 heavy (non-hydrogen) atoms. The second kappa shape index (κ2) is 4.13. The Bertz CT molecular complexity index is 146. The molecule has 0 rings (SSSR count). The van der Waals surface area contributed by atoms with E-state index >= 15 is 0 Å². The van der Waals surface area contributed by atoms with E-state index in [-0.39, 0.29) is 0 Å². The van der Waals surface area contributed by atoms with Gasteiger partial charge in [-0.25, -0.2) is 19.4 Å². The summed E-state index contributed by atoms with van der Waals surface area (Å²) in [5, 5.41) is -1.08. The molecule has 0 fully saturated rings. The van der Waals surface area contributed by atoms with Crippen molar-refractivity contribution in [3.63, 3.8) is 0 Å². The Kier molecular flexibility index (Phi) is 3.82. The zero-order valence-electron chi connectivity index (χ0n) is 5.23. The third-order valence-electron chi connectivity index (χ3n) is 0.483. The first-order chi connectivity index (χ1) is 4.54. The Hall–Kier alpha value is -0.750. The van der Waals surface area contributed by atoms with E-state index < -0.39 is 17.3 Å². The molecule has 0 aliphatic heterocycles. The predicted octanol–water partition coefficient (Wildman–Crippen LogP) is -0.778. The third-order valence-corrected chi connectivity index (χ3v) is 0.693. The van der Waals surface area contributed by atoms with Crippen LogP contribution in [0.15, 0.2) is 0 Å². The molecule has 0 heterocycles. The maximum atomic E-state index is 10.3. The van der Waals surface area contributed by atoms with Gasteiger partial charge in [-0.2, -0.15) is 0 Å². The van der Waals surface area contributed by atoms with Crippen LogP contribution in [-0.2, 0) is 19.4 Å². The summed E-state index contributed by atoms with van der Waals surface area (Å²) in [4.78, 5) is 28.1. The molecular weight excluding hydrogens is 158 g/mol. The Labute approximate surface area is 62.8 Å². The van der Waals surface area contributed by atoms with Crippen molar-refractivity contribution in [2.24, 2.45) is 5.73 Å². The fraction of sp³-hybridized carbons (Fsp3) is 0.500. The number of rotatable bonds is 1. The second-order valence-electron chi connectivity index (χ2n) is 1.42. The minimum atomic E-state index is -1.08. The molecule has 0 aromatic heterocycles. The minimum Gasteiger partial charge on any atom is -0.310 e. The van der Waals surface area contributed by atoms with E-state index in [4.69, 9.17) is 5.73 Å². The first-order valence-electron chi connectivity index (χ1n) is 2.36. The summed E-state index contributed by atoms with van der Waals surface area (Å²) in [6, 6.07) is 0. The maximum Gasteiger partial charge on any atom is 0.381 e. The van der Waals surface area contributed by atoms with Crippen LogP contribution in [0, 0.1) is 0 Å². The van der Waals surface area contributed by atoms with Gasteiger partial charge in [-0.15, -0.1) is 12.6 Å². The van der Waals surface area contributed by atoms with Gasteiger partial charge < -0.3 is 5.73 Å². The van der Waals surface area contributed by atoms with Gasteiger partial charge in [-0.3, -0.25) is 0 Å². The third kappa shape index (κ3) is 4.16. The molecule has 58 valence electrons. The normalized spacial score (nSPS) is 11.9. The number of carbonyl (C=O) groups is 2. The van der Waals surface area contributed by atoms with Gasteiger partial charge >= 0.3 is 11.9 Å². The van der Waals surface area contributed by atoms with Crippen molar-refractivity contribution in [1.82, 2.24) is 0 Å². The Balaban J connectivity index is 3.50. The van der Waals surface area contributed by atoms with Crippen molar-refractivity contribution in [2.75, 3.05) is 0 Å². The molecule has 0 aromatic carbocycles. The van der Waals surface area contributed by atoms with Crippen molar-refractivity contribution in [2.45, 2.75) is 12.3 Å². The van der Waals surface area contributed by atoms with E-state index in [1.165, 1.54) is 0 Å². The molecule has 0 radical (unpaired) electrons. The summed E-state index contributed by atoms with van der Waals surface area (Å²) in [5.74, 6) is -1.62. The number of nitrogens with two attached hydrogens (primary N) is 1. The number of hydrogen-bond acceptors (Lipinski definition) is 6. The van der Waals surface area contributed by atoms with E-state index in [0.717, 1.165) is 6.92 Å². The van der Waals surface area contributed by atoms with E-state index in [0.29, 0.717) is 0 Å². The largest absolute Gasteiger partial charge is 0.381 e. The van der Waals surface area contributed by atoms with Gasteiger partial charge in [0.25, 0.3) is 0 Å². The Morgan fingerprint density at radius 2 is 2.00 bits per heavy atom. The van der Waals surface area contributed by atoms with Crippen molar-refractivity contribution in [3.05, 3.63) is 0 Å². The van der Waals surface area contributed by atoms with Crippen LogP contribution >= 0.6 is 12.6 Å². The van der Waals surface area contributed by atoms with Crippen LogP contribution in [0.3, 0.4) is 0 Å². The summed E-state index contributed by atoms with van der Waals surface area (Å²) in [5.41, 5.74) is 4.92. The van der Waals surface area contributed by atoms with Crippen molar-refractivity contribution >= 4 is 24.6 Å². The molecule has 6 heteroatoms.